The third-order valence-corrected chi connectivity index (χ3v) is 4.14. The Hall–Kier alpha value is -3.75. The van der Waals surface area contributed by atoms with Crippen molar-refractivity contribution in [3.63, 3.8) is 0 Å². The van der Waals surface area contributed by atoms with Crippen LogP contribution in [-0.2, 0) is 13.0 Å². The molecule has 0 bridgehead atoms. The van der Waals surface area contributed by atoms with Crippen LogP contribution in [0.1, 0.15) is 5.56 Å². The Morgan fingerprint density at radius 1 is 1.03 bits per heavy atom. The third-order valence-electron chi connectivity index (χ3n) is 4.14. The van der Waals surface area contributed by atoms with E-state index in [1.807, 2.05) is 30.3 Å². The van der Waals surface area contributed by atoms with Gasteiger partial charge in [0.15, 0.2) is 18.0 Å². The first-order valence-electron chi connectivity index (χ1n) is 8.91. The lowest BCUT2D eigenvalue weighted by Crippen LogP contribution is -2.35. The highest BCUT2D eigenvalue weighted by molar-refractivity contribution is 5.99. The van der Waals surface area contributed by atoms with E-state index in [-0.39, 0.29) is 5.88 Å². The normalized spacial score (nSPS) is 10.3. The van der Waals surface area contributed by atoms with Crippen LogP contribution in [-0.4, -0.2) is 32.6 Å². The van der Waals surface area contributed by atoms with Crippen LogP contribution in [0.15, 0.2) is 53.2 Å². The van der Waals surface area contributed by atoms with Crippen molar-refractivity contribution in [1.29, 1.82) is 0 Å². The molecule has 0 fully saturated rings. The Kier molecular flexibility index (Phi) is 6.51. The molecule has 3 rings (SSSR count). The van der Waals surface area contributed by atoms with E-state index in [1.165, 1.54) is 26.9 Å². The highest BCUT2D eigenvalue weighted by Crippen LogP contribution is 2.39. The summed E-state index contributed by atoms with van der Waals surface area (Å²) in [7, 11) is 4.52. The summed E-state index contributed by atoms with van der Waals surface area (Å²) in [6.07, 6.45) is 2.42. The summed E-state index contributed by atoms with van der Waals surface area (Å²) < 4.78 is 22.6. The molecule has 0 saturated carbocycles. The first-order valence-corrected chi connectivity index (χ1v) is 8.91. The van der Waals surface area contributed by atoms with Crippen molar-refractivity contribution in [2.75, 3.05) is 32.0 Å². The van der Waals surface area contributed by atoms with E-state index >= 15 is 0 Å². The monoisotopic (exact) mass is 399 g/mol. The number of benzene rings is 2. The van der Waals surface area contributed by atoms with Crippen LogP contribution in [0.5, 0.6) is 17.2 Å². The maximum absolute atomic E-state index is 12.3. The number of aryl methyl sites for hydroxylation is 2. The Morgan fingerprint density at radius 2 is 1.72 bits per heavy atom. The van der Waals surface area contributed by atoms with Crippen LogP contribution in [0.2, 0.25) is 0 Å². The number of anilines is 2. The van der Waals surface area contributed by atoms with E-state index < -0.39 is 6.03 Å². The van der Waals surface area contributed by atoms with Crippen LogP contribution < -0.4 is 29.5 Å². The van der Waals surface area contributed by atoms with Crippen LogP contribution in [0.25, 0.3) is 0 Å². The minimum atomic E-state index is -0.495. The molecule has 2 aromatic carbocycles. The van der Waals surface area contributed by atoms with E-state index in [0.29, 0.717) is 29.5 Å². The number of carbonyl (C=O) groups excluding carboxylic acids is 1. The van der Waals surface area contributed by atoms with Crippen molar-refractivity contribution in [2.24, 2.45) is 0 Å². The van der Waals surface area contributed by atoms with Crippen LogP contribution in [0.3, 0.4) is 0 Å². The van der Waals surface area contributed by atoms with Crippen molar-refractivity contribution in [3.05, 3.63) is 54.2 Å². The fourth-order valence-electron chi connectivity index (χ4n) is 2.76. The largest absolute Gasteiger partial charge is 0.493 e. The average molecular weight is 399 g/mol. The Labute approximate surface area is 168 Å². The van der Waals surface area contributed by atoms with Gasteiger partial charge in [-0.3, -0.25) is 9.84 Å². The summed E-state index contributed by atoms with van der Waals surface area (Å²) in [5.74, 6) is 1.53. The lowest BCUT2D eigenvalue weighted by Gasteiger charge is -2.14. The second kappa shape index (κ2) is 9.45. The van der Waals surface area contributed by atoms with E-state index in [4.69, 9.17) is 18.7 Å². The SMILES string of the molecule is COc1cc(NC(=O)Nc2c[n+](CCc3ccccc3)no2)cc(OC)c1OC. The molecule has 0 saturated heterocycles. The van der Waals surface area contributed by atoms with Crippen LogP contribution >= 0.6 is 0 Å². The van der Waals surface area contributed by atoms with E-state index in [9.17, 15) is 4.79 Å². The molecule has 2 N–H and O–H groups in total. The molecule has 3 aromatic rings. The van der Waals surface area contributed by atoms with Crippen LogP contribution in [0.4, 0.5) is 16.4 Å². The number of methoxy groups -OCH3 is 3. The summed E-state index contributed by atoms with van der Waals surface area (Å²) in [5, 5.41) is 9.21. The van der Waals surface area contributed by atoms with Gasteiger partial charge in [0.1, 0.15) is 0 Å². The molecule has 29 heavy (non-hydrogen) atoms. The number of aromatic nitrogens is 2. The molecule has 1 aromatic heterocycles. The molecule has 152 valence electrons. The standard InChI is InChI=1S/C20H22N4O5/c1-26-16-11-15(12-17(27-2)19(16)28-3)21-20(25)22-18-13-24(23-29-18)10-9-14-7-5-4-6-8-14/h4-8,11-13H,9-10H2,1-3H3,(H-,21,22,23,25)/p+1. The van der Waals surface area contributed by atoms with Gasteiger partial charge in [0, 0.05) is 18.6 Å². The number of rotatable bonds is 8. The van der Waals surface area contributed by atoms with Gasteiger partial charge in [-0.05, 0) is 5.56 Å². The zero-order valence-corrected chi connectivity index (χ0v) is 16.5. The number of hydrogen-bond acceptors (Lipinski definition) is 6. The molecule has 0 spiro atoms. The van der Waals surface area contributed by atoms with Crippen molar-refractivity contribution in [3.8, 4) is 17.2 Å². The summed E-state index contributed by atoms with van der Waals surface area (Å²) in [6, 6.07) is 12.8. The lowest BCUT2D eigenvalue weighted by molar-refractivity contribution is -0.761. The summed E-state index contributed by atoms with van der Waals surface area (Å²) in [5.41, 5.74) is 1.66. The fourth-order valence-corrected chi connectivity index (χ4v) is 2.76. The minimum Gasteiger partial charge on any atom is -0.493 e. The fraction of sp³-hybridized carbons (Fsp3) is 0.250. The molecule has 0 aliphatic rings. The number of hydrogen-bond donors (Lipinski definition) is 2. The topological polar surface area (TPSA) is 98.7 Å². The molecule has 0 radical (unpaired) electrons. The maximum atomic E-state index is 12.3. The number of urea groups is 1. The predicted octanol–water partition coefficient (Wildman–Crippen LogP) is 2.87. The Balaban J connectivity index is 1.60. The quantitative estimate of drug-likeness (QED) is 0.565. The molecule has 1 heterocycles. The van der Waals surface area contributed by atoms with Gasteiger partial charge in [-0.2, -0.15) is 0 Å². The van der Waals surface area contributed by atoms with Gasteiger partial charge in [0.2, 0.25) is 11.0 Å². The summed E-state index contributed by atoms with van der Waals surface area (Å²) in [4.78, 5) is 12.3. The molecule has 9 nitrogen and oxygen atoms in total. The Bertz CT molecular complexity index is 934. The highest BCUT2D eigenvalue weighted by atomic mass is 16.5. The average Bonchev–Trinajstić information content (AvgIpc) is 3.19. The molecule has 0 atom stereocenters. The maximum Gasteiger partial charge on any atom is 0.326 e. The number of nitrogens with zero attached hydrogens (tertiary/aromatic N) is 2. The van der Waals surface area contributed by atoms with Crippen molar-refractivity contribution in [2.45, 2.75) is 13.0 Å². The second-order valence-electron chi connectivity index (χ2n) is 6.06. The van der Waals surface area contributed by atoms with Crippen molar-refractivity contribution >= 4 is 17.6 Å². The van der Waals surface area contributed by atoms with Crippen molar-refractivity contribution < 1.29 is 28.2 Å². The highest BCUT2D eigenvalue weighted by Gasteiger charge is 2.17. The van der Waals surface area contributed by atoms with E-state index in [1.54, 1.807) is 23.0 Å². The van der Waals surface area contributed by atoms with E-state index in [2.05, 4.69) is 15.9 Å². The van der Waals surface area contributed by atoms with E-state index in [0.717, 1.165) is 6.42 Å². The smallest absolute Gasteiger partial charge is 0.326 e. The molecule has 0 aliphatic carbocycles. The molecule has 2 amide bonds. The van der Waals surface area contributed by atoms with Gasteiger partial charge < -0.3 is 19.5 Å². The summed E-state index contributed by atoms with van der Waals surface area (Å²) in [6.45, 7) is 0.629. The first-order chi connectivity index (χ1) is 14.1. The van der Waals surface area contributed by atoms with Gasteiger partial charge in [0.25, 0.3) is 6.20 Å². The van der Waals surface area contributed by atoms with Gasteiger partial charge in [-0.1, -0.05) is 35.0 Å². The van der Waals surface area contributed by atoms with Gasteiger partial charge in [0.05, 0.1) is 27.0 Å². The molecule has 0 aliphatic heterocycles. The Morgan fingerprint density at radius 3 is 2.34 bits per heavy atom. The third kappa shape index (κ3) is 5.16. The number of carbonyl (C=O) groups is 1. The predicted molar refractivity (Wildman–Crippen MR) is 106 cm³/mol. The molecular weight excluding hydrogens is 376 g/mol. The van der Waals surface area contributed by atoms with Crippen LogP contribution in [0, 0.1) is 0 Å². The van der Waals surface area contributed by atoms with Gasteiger partial charge >= 0.3 is 11.9 Å². The summed E-state index contributed by atoms with van der Waals surface area (Å²) >= 11 is 0. The zero-order chi connectivity index (χ0) is 20.6. The van der Waals surface area contributed by atoms with Crippen molar-refractivity contribution in [1.82, 2.24) is 5.27 Å². The van der Waals surface area contributed by atoms with Gasteiger partial charge in [-0.25, -0.2) is 4.79 Å². The minimum absolute atomic E-state index is 0.225. The zero-order valence-electron chi connectivity index (χ0n) is 16.5. The molecule has 9 heteroatoms. The second-order valence-corrected chi connectivity index (χ2v) is 6.06. The first kappa shape index (κ1) is 20.0. The lowest BCUT2D eigenvalue weighted by atomic mass is 10.1. The number of amides is 2. The molecular formula is C20H23N4O5+. The number of nitrogens with one attached hydrogen (secondary N) is 2. The molecule has 0 unspecified atom stereocenters. The number of ether oxygens (including phenoxy) is 3. The van der Waals surface area contributed by atoms with Gasteiger partial charge in [-0.15, -0.1) is 0 Å².